The van der Waals surface area contributed by atoms with Gasteiger partial charge in [0.2, 0.25) is 5.91 Å². The quantitative estimate of drug-likeness (QED) is 0.499. The molecule has 0 radical (unpaired) electrons. The molecule has 6 nitrogen and oxygen atoms in total. The lowest BCUT2D eigenvalue weighted by Crippen LogP contribution is -2.18. The minimum absolute atomic E-state index is 0.0119. The Morgan fingerprint density at radius 1 is 0.710 bits per heavy atom. The summed E-state index contributed by atoms with van der Waals surface area (Å²) >= 11 is 5.88. The van der Waals surface area contributed by atoms with Crippen molar-refractivity contribution in [3.05, 3.63) is 88.9 Å². The summed E-state index contributed by atoms with van der Waals surface area (Å²) in [4.78, 5) is 37.3. The van der Waals surface area contributed by atoms with Crippen molar-refractivity contribution in [2.45, 2.75) is 12.8 Å². The zero-order chi connectivity index (χ0) is 21.8. The lowest BCUT2D eigenvalue weighted by Gasteiger charge is -2.12. The van der Waals surface area contributed by atoms with Gasteiger partial charge in [0.1, 0.15) is 0 Å². The van der Waals surface area contributed by atoms with E-state index in [4.69, 9.17) is 11.6 Å². The van der Waals surface area contributed by atoms with Crippen LogP contribution < -0.4 is 16.0 Å². The number of para-hydroxylation sites is 1. The number of hydrogen-bond acceptors (Lipinski definition) is 3. The number of amides is 3. The van der Waals surface area contributed by atoms with Crippen LogP contribution in [-0.4, -0.2) is 17.7 Å². The molecule has 4 rings (SSSR count). The number of halogens is 1. The van der Waals surface area contributed by atoms with Crippen LogP contribution in [0.4, 0.5) is 17.1 Å². The Labute approximate surface area is 184 Å². The molecule has 0 heterocycles. The maximum Gasteiger partial charge on any atom is 0.257 e. The molecule has 0 unspecified atom stereocenters. The summed E-state index contributed by atoms with van der Waals surface area (Å²) in [6.45, 7) is 0. The predicted molar refractivity (Wildman–Crippen MR) is 122 cm³/mol. The van der Waals surface area contributed by atoms with E-state index < -0.39 is 0 Å². The standard InChI is InChI=1S/C24H20ClN3O3/c25-17-9-13-19(14-10-17)27-24(31)20-3-1-2-4-21(20)28-23(30)16-7-11-18(12-8-16)26-22(29)15-5-6-15/h1-4,7-15H,5-6H2,(H,26,29)(H,27,31)(H,28,30). The summed E-state index contributed by atoms with van der Waals surface area (Å²) in [6.07, 6.45) is 1.86. The van der Waals surface area contributed by atoms with Gasteiger partial charge in [0.05, 0.1) is 11.3 Å². The molecule has 3 N–H and O–H groups in total. The molecule has 3 aromatic carbocycles. The van der Waals surface area contributed by atoms with Crippen LogP contribution in [0, 0.1) is 5.92 Å². The van der Waals surface area contributed by atoms with E-state index in [0.29, 0.717) is 33.2 Å². The lowest BCUT2D eigenvalue weighted by molar-refractivity contribution is -0.117. The first-order valence-electron chi connectivity index (χ1n) is 9.88. The van der Waals surface area contributed by atoms with Crippen molar-refractivity contribution in [3.8, 4) is 0 Å². The summed E-state index contributed by atoms with van der Waals surface area (Å²) in [7, 11) is 0. The molecular weight excluding hydrogens is 414 g/mol. The summed E-state index contributed by atoms with van der Waals surface area (Å²) in [6, 6.07) is 20.2. The van der Waals surface area contributed by atoms with Crippen molar-refractivity contribution in [1.82, 2.24) is 0 Å². The van der Waals surface area contributed by atoms with Crippen LogP contribution in [0.15, 0.2) is 72.8 Å². The second-order valence-corrected chi connectivity index (χ2v) is 7.74. The molecule has 3 amide bonds. The second-order valence-electron chi connectivity index (χ2n) is 7.30. The fourth-order valence-electron chi connectivity index (χ4n) is 3.01. The molecule has 0 bridgehead atoms. The van der Waals surface area contributed by atoms with Gasteiger partial charge in [0, 0.05) is 27.9 Å². The highest BCUT2D eigenvalue weighted by molar-refractivity contribution is 6.30. The van der Waals surface area contributed by atoms with Crippen LogP contribution in [-0.2, 0) is 4.79 Å². The van der Waals surface area contributed by atoms with Gasteiger partial charge >= 0.3 is 0 Å². The molecule has 0 aliphatic heterocycles. The maximum atomic E-state index is 12.7. The maximum absolute atomic E-state index is 12.7. The highest BCUT2D eigenvalue weighted by atomic mass is 35.5. The van der Waals surface area contributed by atoms with Gasteiger partial charge in [-0.1, -0.05) is 23.7 Å². The predicted octanol–water partition coefficient (Wildman–Crippen LogP) is 5.19. The molecule has 0 saturated heterocycles. The first kappa shape index (κ1) is 20.6. The average molecular weight is 434 g/mol. The minimum atomic E-state index is -0.355. The normalized spacial score (nSPS) is 12.7. The highest BCUT2D eigenvalue weighted by Gasteiger charge is 2.29. The van der Waals surface area contributed by atoms with Crippen molar-refractivity contribution in [2.24, 2.45) is 5.92 Å². The molecule has 1 saturated carbocycles. The van der Waals surface area contributed by atoms with Crippen LogP contribution in [0.3, 0.4) is 0 Å². The van der Waals surface area contributed by atoms with E-state index in [-0.39, 0.29) is 23.6 Å². The second kappa shape index (κ2) is 9.02. The van der Waals surface area contributed by atoms with E-state index in [0.717, 1.165) is 12.8 Å². The minimum Gasteiger partial charge on any atom is -0.326 e. The van der Waals surface area contributed by atoms with Gasteiger partial charge in [0.15, 0.2) is 0 Å². The van der Waals surface area contributed by atoms with Gasteiger partial charge in [-0.3, -0.25) is 14.4 Å². The molecule has 0 aromatic heterocycles. The number of hydrogen-bond donors (Lipinski definition) is 3. The molecule has 3 aromatic rings. The Morgan fingerprint density at radius 2 is 1.32 bits per heavy atom. The number of carbonyl (C=O) groups is 3. The van der Waals surface area contributed by atoms with E-state index in [9.17, 15) is 14.4 Å². The molecular formula is C24H20ClN3O3. The van der Waals surface area contributed by atoms with E-state index in [1.165, 1.54) is 0 Å². The number of benzene rings is 3. The number of nitrogens with one attached hydrogen (secondary N) is 3. The smallest absolute Gasteiger partial charge is 0.257 e. The fourth-order valence-corrected chi connectivity index (χ4v) is 3.14. The van der Waals surface area contributed by atoms with E-state index in [2.05, 4.69) is 16.0 Å². The Hall–Kier alpha value is -3.64. The van der Waals surface area contributed by atoms with Crippen LogP contribution in [0.25, 0.3) is 0 Å². The van der Waals surface area contributed by atoms with Crippen molar-refractivity contribution in [3.63, 3.8) is 0 Å². The third-order valence-corrected chi connectivity index (χ3v) is 5.14. The van der Waals surface area contributed by atoms with Crippen LogP contribution in [0.2, 0.25) is 5.02 Å². The molecule has 1 fully saturated rings. The third kappa shape index (κ3) is 5.29. The number of rotatable bonds is 6. The Kier molecular flexibility index (Phi) is 6.00. The zero-order valence-corrected chi connectivity index (χ0v) is 17.3. The van der Waals surface area contributed by atoms with Gasteiger partial charge in [-0.05, 0) is 73.5 Å². The topological polar surface area (TPSA) is 87.3 Å². The van der Waals surface area contributed by atoms with Crippen molar-refractivity contribution in [1.29, 1.82) is 0 Å². The molecule has 0 atom stereocenters. The largest absolute Gasteiger partial charge is 0.326 e. The first-order valence-corrected chi connectivity index (χ1v) is 10.3. The van der Waals surface area contributed by atoms with Crippen molar-refractivity contribution < 1.29 is 14.4 Å². The van der Waals surface area contributed by atoms with Crippen LogP contribution in [0.1, 0.15) is 33.6 Å². The van der Waals surface area contributed by atoms with Crippen LogP contribution in [0.5, 0.6) is 0 Å². The summed E-state index contributed by atoms with van der Waals surface area (Å²) < 4.78 is 0. The highest BCUT2D eigenvalue weighted by Crippen LogP contribution is 2.30. The van der Waals surface area contributed by atoms with E-state index >= 15 is 0 Å². The SMILES string of the molecule is O=C(Nc1ccccc1C(=O)Nc1ccc(Cl)cc1)c1ccc(NC(=O)C2CC2)cc1. The Morgan fingerprint density at radius 3 is 2.00 bits per heavy atom. The molecule has 31 heavy (non-hydrogen) atoms. The lowest BCUT2D eigenvalue weighted by atomic mass is 10.1. The monoisotopic (exact) mass is 433 g/mol. The van der Waals surface area contributed by atoms with Gasteiger partial charge in [-0.25, -0.2) is 0 Å². The van der Waals surface area contributed by atoms with Crippen LogP contribution >= 0.6 is 11.6 Å². The summed E-state index contributed by atoms with van der Waals surface area (Å²) in [5.74, 6) is -0.584. The van der Waals surface area contributed by atoms with Crippen molar-refractivity contribution in [2.75, 3.05) is 16.0 Å². The fraction of sp³-hybridized carbons (Fsp3) is 0.125. The molecule has 0 spiro atoms. The zero-order valence-electron chi connectivity index (χ0n) is 16.5. The summed E-state index contributed by atoms with van der Waals surface area (Å²) in [5.41, 5.74) is 2.39. The molecule has 1 aliphatic carbocycles. The first-order chi connectivity index (χ1) is 15.0. The molecule has 7 heteroatoms. The average Bonchev–Trinajstić information content (AvgIpc) is 3.62. The number of anilines is 3. The van der Waals surface area contributed by atoms with E-state index in [1.807, 2.05) is 0 Å². The third-order valence-electron chi connectivity index (χ3n) is 4.88. The van der Waals surface area contributed by atoms with Gasteiger partial charge in [-0.15, -0.1) is 0 Å². The number of carbonyl (C=O) groups excluding carboxylic acids is 3. The Balaban J connectivity index is 1.44. The van der Waals surface area contributed by atoms with Gasteiger partial charge < -0.3 is 16.0 Å². The van der Waals surface area contributed by atoms with Gasteiger partial charge in [0.25, 0.3) is 11.8 Å². The van der Waals surface area contributed by atoms with Crippen molar-refractivity contribution >= 4 is 46.4 Å². The molecule has 156 valence electrons. The van der Waals surface area contributed by atoms with E-state index in [1.54, 1.807) is 72.8 Å². The summed E-state index contributed by atoms with van der Waals surface area (Å²) in [5, 5.41) is 8.98. The molecule has 1 aliphatic rings. The van der Waals surface area contributed by atoms with Gasteiger partial charge in [-0.2, -0.15) is 0 Å². The Bertz CT molecular complexity index is 1120.